The smallest absolute Gasteiger partial charge is 0.358 e. The Labute approximate surface area is 193 Å². The fourth-order valence-electron chi connectivity index (χ4n) is 8.11. The van der Waals surface area contributed by atoms with Gasteiger partial charge in [-0.15, -0.1) is 0 Å². The number of amides is 2. The molecule has 0 unspecified atom stereocenters. The van der Waals surface area contributed by atoms with Gasteiger partial charge >= 0.3 is 5.82 Å². The number of likely N-dealkylation sites (N-methyl/N-ethyl adjacent to an activating group) is 1. The first-order chi connectivity index (χ1) is 15.6. The van der Waals surface area contributed by atoms with Crippen LogP contribution in [0.2, 0.25) is 0 Å². The Hall–Kier alpha value is -2.71. The summed E-state index contributed by atoms with van der Waals surface area (Å²) < 4.78 is 0. The standard InChI is InChI=1S/C24H33N5O4/c1-23-10-8-17-15(5-7-18-24(17,2)11-9-20(31)28(18)3)16(23)6-4-14(23)12-19(30)27-21-22(29(32)33)26-13-25-21/h9,11,13-18H,4-8,10,12H2,1-3H3,(H,25,26)(H,27,30)/t14-,15+,16+,17+,18-,23-,24-/m1/s1. The van der Waals surface area contributed by atoms with Gasteiger partial charge in [0, 0.05) is 24.9 Å². The van der Waals surface area contributed by atoms with Crippen molar-refractivity contribution < 1.29 is 14.5 Å². The maximum atomic E-state index is 12.8. The molecule has 3 saturated carbocycles. The number of nitrogens with zero attached hydrogens (tertiary/aromatic N) is 3. The summed E-state index contributed by atoms with van der Waals surface area (Å²) in [6.45, 7) is 4.70. The van der Waals surface area contributed by atoms with Gasteiger partial charge in [-0.2, -0.15) is 0 Å². The molecule has 5 rings (SSSR count). The number of H-pyrrole nitrogens is 1. The van der Waals surface area contributed by atoms with Crippen molar-refractivity contribution in [1.82, 2.24) is 14.9 Å². The Morgan fingerprint density at radius 2 is 2.06 bits per heavy atom. The quantitative estimate of drug-likeness (QED) is 0.527. The van der Waals surface area contributed by atoms with Crippen LogP contribution in [-0.2, 0) is 9.59 Å². The van der Waals surface area contributed by atoms with Gasteiger partial charge in [-0.05, 0) is 83.6 Å². The van der Waals surface area contributed by atoms with Crippen LogP contribution in [-0.4, -0.2) is 44.7 Å². The van der Waals surface area contributed by atoms with Crippen LogP contribution < -0.4 is 5.32 Å². The van der Waals surface area contributed by atoms with Crippen LogP contribution in [0.25, 0.3) is 0 Å². The van der Waals surface area contributed by atoms with Crippen LogP contribution in [0.15, 0.2) is 18.5 Å². The Balaban J connectivity index is 1.31. The lowest BCUT2D eigenvalue weighted by Gasteiger charge is -2.60. The highest BCUT2D eigenvalue weighted by Crippen LogP contribution is 2.65. The molecule has 2 N–H and O–H groups in total. The molecule has 1 aromatic rings. The lowest BCUT2D eigenvalue weighted by atomic mass is 9.47. The number of rotatable bonds is 4. The van der Waals surface area contributed by atoms with Crippen molar-refractivity contribution in [3.8, 4) is 0 Å². The number of fused-ring (bicyclic) bond motifs is 5. The zero-order valence-electron chi connectivity index (χ0n) is 19.5. The van der Waals surface area contributed by atoms with Crippen molar-refractivity contribution in [2.24, 2.45) is 34.5 Å². The number of nitro groups is 1. The largest absolute Gasteiger partial charge is 0.406 e. The summed E-state index contributed by atoms with van der Waals surface area (Å²) in [5.41, 5.74) is 0.115. The van der Waals surface area contributed by atoms with Crippen LogP contribution in [0, 0.1) is 44.6 Å². The minimum Gasteiger partial charge on any atom is -0.358 e. The minimum absolute atomic E-state index is 0.0158. The summed E-state index contributed by atoms with van der Waals surface area (Å²) in [6, 6.07) is 0.272. The van der Waals surface area contributed by atoms with E-state index in [1.807, 2.05) is 11.9 Å². The minimum atomic E-state index is -0.595. The average Bonchev–Trinajstić information content (AvgIpc) is 3.35. The summed E-state index contributed by atoms with van der Waals surface area (Å²) in [5.74, 6) is 1.63. The average molecular weight is 456 g/mol. The molecule has 1 aliphatic heterocycles. The molecule has 33 heavy (non-hydrogen) atoms. The van der Waals surface area contributed by atoms with Gasteiger partial charge in [0.15, 0.2) is 0 Å². The summed E-state index contributed by atoms with van der Waals surface area (Å²) in [4.78, 5) is 43.9. The topological polar surface area (TPSA) is 121 Å². The van der Waals surface area contributed by atoms with E-state index in [9.17, 15) is 19.7 Å². The first-order valence-corrected chi connectivity index (χ1v) is 12.1. The number of imidazole rings is 1. The van der Waals surface area contributed by atoms with E-state index in [0.717, 1.165) is 38.5 Å². The summed E-state index contributed by atoms with van der Waals surface area (Å²) in [6.07, 6.45) is 12.1. The van der Waals surface area contributed by atoms with Crippen molar-refractivity contribution in [1.29, 1.82) is 0 Å². The third-order valence-corrected chi connectivity index (χ3v) is 9.81. The number of carbonyl (C=O) groups excluding carboxylic acids is 2. The summed E-state index contributed by atoms with van der Waals surface area (Å²) >= 11 is 0. The zero-order valence-corrected chi connectivity index (χ0v) is 19.5. The molecule has 7 atom stereocenters. The second-order valence-electron chi connectivity index (χ2n) is 11.0. The Morgan fingerprint density at radius 1 is 1.27 bits per heavy atom. The third-order valence-electron chi connectivity index (χ3n) is 9.81. The van der Waals surface area contributed by atoms with Crippen molar-refractivity contribution in [2.75, 3.05) is 12.4 Å². The zero-order chi connectivity index (χ0) is 23.5. The monoisotopic (exact) mass is 455 g/mol. The van der Waals surface area contributed by atoms with Crippen molar-refractivity contribution in [3.05, 3.63) is 28.6 Å². The van der Waals surface area contributed by atoms with Crippen molar-refractivity contribution in [2.45, 2.75) is 64.8 Å². The Morgan fingerprint density at radius 3 is 2.82 bits per heavy atom. The predicted octanol–water partition coefficient (Wildman–Crippen LogP) is 3.90. The maximum Gasteiger partial charge on any atom is 0.406 e. The molecule has 2 heterocycles. The number of nitrogens with one attached hydrogen (secondary N) is 2. The van der Waals surface area contributed by atoms with E-state index in [4.69, 9.17) is 0 Å². The van der Waals surface area contributed by atoms with Gasteiger partial charge in [0.05, 0.1) is 0 Å². The van der Waals surface area contributed by atoms with Gasteiger partial charge in [0.2, 0.25) is 24.0 Å². The van der Waals surface area contributed by atoms with Crippen molar-refractivity contribution >= 4 is 23.5 Å². The maximum absolute atomic E-state index is 12.8. The molecule has 0 spiro atoms. The first kappa shape index (κ1) is 22.1. The van der Waals surface area contributed by atoms with Gasteiger partial charge in [-0.3, -0.25) is 9.59 Å². The highest BCUT2D eigenvalue weighted by atomic mass is 16.6. The van der Waals surface area contributed by atoms with Gasteiger partial charge < -0.3 is 25.3 Å². The van der Waals surface area contributed by atoms with E-state index < -0.39 is 4.92 Å². The molecule has 3 fully saturated rings. The third kappa shape index (κ3) is 3.30. The number of hydrogen-bond donors (Lipinski definition) is 2. The molecule has 3 aliphatic carbocycles. The van der Waals surface area contributed by atoms with Crippen LogP contribution in [0.3, 0.4) is 0 Å². The first-order valence-electron chi connectivity index (χ1n) is 12.1. The second kappa shape index (κ2) is 7.67. The molecule has 0 radical (unpaired) electrons. The van der Waals surface area contributed by atoms with E-state index >= 15 is 0 Å². The summed E-state index contributed by atoms with van der Waals surface area (Å²) in [5, 5.41) is 13.8. The molecule has 0 bridgehead atoms. The molecule has 178 valence electrons. The second-order valence-corrected chi connectivity index (χ2v) is 11.0. The number of carbonyl (C=O) groups is 2. The molecule has 1 aromatic heterocycles. The lowest BCUT2D eigenvalue weighted by Crippen LogP contribution is -2.59. The SMILES string of the molecule is CN1C(=O)C=C[C@]2(C)[C@H]3CC[C@]4(C)[C@@H](CC(=O)Nc5[nH]cnc5[N+](=O)[O-])CC[C@H]4[C@@H]3CC[C@@H]12. The van der Waals surface area contributed by atoms with Crippen LogP contribution in [0.5, 0.6) is 0 Å². The normalized spacial score (nSPS) is 39.5. The van der Waals surface area contributed by atoms with Crippen LogP contribution in [0.4, 0.5) is 11.6 Å². The molecule has 2 amide bonds. The number of anilines is 1. The van der Waals surface area contributed by atoms with E-state index in [2.05, 4.69) is 35.2 Å². The van der Waals surface area contributed by atoms with Crippen molar-refractivity contribution in [3.63, 3.8) is 0 Å². The Kier molecular flexibility index (Phi) is 5.14. The molecular weight excluding hydrogens is 422 g/mol. The summed E-state index contributed by atoms with van der Waals surface area (Å²) in [7, 11) is 1.94. The molecule has 9 heteroatoms. The number of aromatic amines is 1. The van der Waals surface area contributed by atoms with E-state index in [1.165, 1.54) is 6.33 Å². The molecule has 9 nitrogen and oxygen atoms in total. The van der Waals surface area contributed by atoms with E-state index in [0.29, 0.717) is 24.2 Å². The van der Waals surface area contributed by atoms with E-state index in [-0.39, 0.29) is 46.2 Å². The van der Waals surface area contributed by atoms with Gasteiger partial charge in [-0.1, -0.05) is 19.9 Å². The molecular formula is C24H33N5O4. The molecule has 0 saturated heterocycles. The molecule has 4 aliphatic rings. The number of hydrogen-bond acceptors (Lipinski definition) is 5. The van der Waals surface area contributed by atoms with Crippen LogP contribution >= 0.6 is 0 Å². The van der Waals surface area contributed by atoms with Gasteiger partial charge in [0.25, 0.3) is 0 Å². The van der Waals surface area contributed by atoms with Gasteiger partial charge in [0.1, 0.15) is 0 Å². The van der Waals surface area contributed by atoms with Crippen LogP contribution in [0.1, 0.15) is 58.8 Å². The molecule has 0 aromatic carbocycles. The van der Waals surface area contributed by atoms with E-state index in [1.54, 1.807) is 6.08 Å². The lowest BCUT2D eigenvalue weighted by molar-refractivity contribution is -0.388. The predicted molar refractivity (Wildman–Crippen MR) is 122 cm³/mol. The fourth-order valence-corrected chi connectivity index (χ4v) is 8.11. The highest BCUT2D eigenvalue weighted by Gasteiger charge is 2.60. The Bertz CT molecular complexity index is 1020. The van der Waals surface area contributed by atoms with Gasteiger partial charge in [-0.25, -0.2) is 0 Å². The fraction of sp³-hybridized carbons (Fsp3) is 0.708. The highest BCUT2D eigenvalue weighted by molar-refractivity contribution is 5.91. The number of aromatic nitrogens is 2.